The second kappa shape index (κ2) is 6.50. The zero-order valence-electron chi connectivity index (χ0n) is 13.5. The molecule has 0 amide bonds. The van der Waals surface area contributed by atoms with Crippen molar-refractivity contribution in [3.63, 3.8) is 0 Å². The SMILES string of the molecule is CCCOc1cc(C)c(CCC2CC2C(=O)O)c(C)c1C. The van der Waals surface area contributed by atoms with Gasteiger partial charge in [-0.15, -0.1) is 0 Å². The molecule has 3 nitrogen and oxygen atoms in total. The molecule has 1 saturated carbocycles. The van der Waals surface area contributed by atoms with Crippen molar-refractivity contribution in [1.82, 2.24) is 0 Å². The number of carboxylic acid groups (broad SMARTS) is 1. The number of aryl methyl sites for hydroxylation is 1. The van der Waals surface area contributed by atoms with Gasteiger partial charge in [0, 0.05) is 0 Å². The van der Waals surface area contributed by atoms with Crippen LogP contribution < -0.4 is 4.74 Å². The minimum absolute atomic E-state index is 0.0983. The third kappa shape index (κ3) is 3.58. The second-order valence-electron chi connectivity index (χ2n) is 6.25. The molecule has 21 heavy (non-hydrogen) atoms. The van der Waals surface area contributed by atoms with Crippen LogP contribution in [0.4, 0.5) is 0 Å². The molecule has 1 aliphatic rings. The quantitative estimate of drug-likeness (QED) is 0.824. The number of rotatable bonds is 7. The first kappa shape index (κ1) is 15.9. The molecule has 0 spiro atoms. The standard InChI is InChI=1S/C18H26O3/c1-5-8-21-17-9-11(2)15(12(3)13(17)4)7-6-14-10-16(14)18(19)20/h9,14,16H,5-8,10H2,1-4H3,(H,19,20). The fourth-order valence-corrected chi connectivity index (χ4v) is 3.04. The molecular weight excluding hydrogens is 264 g/mol. The van der Waals surface area contributed by atoms with Gasteiger partial charge in [-0.05, 0) is 80.7 Å². The van der Waals surface area contributed by atoms with E-state index in [1.807, 2.05) is 0 Å². The maximum Gasteiger partial charge on any atom is 0.306 e. The summed E-state index contributed by atoms with van der Waals surface area (Å²) >= 11 is 0. The van der Waals surface area contributed by atoms with Gasteiger partial charge >= 0.3 is 5.97 Å². The summed E-state index contributed by atoms with van der Waals surface area (Å²) in [5.41, 5.74) is 5.15. The first-order valence-corrected chi connectivity index (χ1v) is 7.91. The Morgan fingerprint density at radius 1 is 1.33 bits per heavy atom. The first-order valence-electron chi connectivity index (χ1n) is 7.91. The second-order valence-corrected chi connectivity index (χ2v) is 6.25. The van der Waals surface area contributed by atoms with E-state index < -0.39 is 5.97 Å². The Bertz CT molecular complexity index is 534. The highest BCUT2D eigenvalue weighted by Crippen LogP contribution is 2.42. The summed E-state index contributed by atoms with van der Waals surface area (Å²) < 4.78 is 5.81. The maximum absolute atomic E-state index is 10.9. The smallest absolute Gasteiger partial charge is 0.306 e. The molecule has 1 fully saturated rings. The van der Waals surface area contributed by atoms with Gasteiger partial charge in [0.15, 0.2) is 0 Å². The Morgan fingerprint density at radius 3 is 2.62 bits per heavy atom. The van der Waals surface area contributed by atoms with E-state index >= 15 is 0 Å². The molecule has 0 aliphatic heterocycles. The van der Waals surface area contributed by atoms with Gasteiger partial charge in [-0.3, -0.25) is 4.79 Å². The number of carbonyl (C=O) groups is 1. The Kier molecular flexibility index (Phi) is 4.92. The number of ether oxygens (including phenoxy) is 1. The third-order valence-electron chi connectivity index (χ3n) is 4.67. The summed E-state index contributed by atoms with van der Waals surface area (Å²) in [6, 6.07) is 2.13. The normalized spacial score (nSPS) is 20.4. The molecular formula is C18H26O3. The molecule has 1 aromatic rings. The largest absolute Gasteiger partial charge is 0.493 e. The van der Waals surface area contributed by atoms with Crippen LogP contribution in [0.25, 0.3) is 0 Å². The number of benzene rings is 1. The van der Waals surface area contributed by atoms with Crippen molar-refractivity contribution in [3.8, 4) is 5.75 Å². The lowest BCUT2D eigenvalue weighted by Crippen LogP contribution is -2.04. The summed E-state index contributed by atoms with van der Waals surface area (Å²) in [6.45, 7) is 9.25. The van der Waals surface area contributed by atoms with Crippen LogP contribution >= 0.6 is 0 Å². The number of carboxylic acids is 1. The van der Waals surface area contributed by atoms with E-state index in [9.17, 15) is 4.79 Å². The number of hydrogen-bond donors (Lipinski definition) is 1. The monoisotopic (exact) mass is 290 g/mol. The van der Waals surface area contributed by atoms with Gasteiger partial charge in [-0.25, -0.2) is 0 Å². The minimum atomic E-state index is -0.632. The molecule has 116 valence electrons. The zero-order chi connectivity index (χ0) is 15.6. The van der Waals surface area contributed by atoms with Gasteiger partial charge in [0.1, 0.15) is 5.75 Å². The maximum atomic E-state index is 10.9. The molecule has 2 unspecified atom stereocenters. The average Bonchev–Trinajstić information content (AvgIpc) is 3.21. The molecule has 1 N–H and O–H groups in total. The Hall–Kier alpha value is -1.51. The van der Waals surface area contributed by atoms with Gasteiger partial charge in [0.2, 0.25) is 0 Å². The highest BCUT2D eigenvalue weighted by atomic mass is 16.5. The Morgan fingerprint density at radius 2 is 2.05 bits per heavy atom. The van der Waals surface area contributed by atoms with E-state index in [4.69, 9.17) is 9.84 Å². The predicted molar refractivity (Wildman–Crippen MR) is 84.0 cm³/mol. The summed E-state index contributed by atoms with van der Waals surface area (Å²) in [5.74, 6) is 0.634. The van der Waals surface area contributed by atoms with Gasteiger partial charge < -0.3 is 9.84 Å². The fraction of sp³-hybridized carbons (Fsp3) is 0.611. The van der Waals surface area contributed by atoms with Crippen LogP contribution in [0.1, 0.15) is 48.4 Å². The molecule has 3 heteroatoms. The van der Waals surface area contributed by atoms with Crippen LogP contribution in [0.15, 0.2) is 6.07 Å². The molecule has 1 aromatic carbocycles. The molecule has 1 aliphatic carbocycles. The minimum Gasteiger partial charge on any atom is -0.493 e. The van der Waals surface area contributed by atoms with E-state index in [2.05, 4.69) is 33.8 Å². The van der Waals surface area contributed by atoms with Crippen LogP contribution in [-0.2, 0) is 11.2 Å². The van der Waals surface area contributed by atoms with Crippen molar-refractivity contribution in [2.45, 2.75) is 53.4 Å². The molecule has 2 rings (SSSR count). The molecule has 2 atom stereocenters. The van der Waals surface area contributed by atoms with Crippen molar-refractivity contribution >= 4 is 5.97 Å². The van der Waals surface area contributed by atoms with E-state index in [1.165, 1.54) is 22.3 Å². The van der Waals surface area contributed by atoms with E-state index in [1.54, 1.807) is 0 Å². The van der Waals surface area contributed by atoms with Crippen molar-refractivity contribution in [1.29, 1.82) is 0 Å². The van der Waals surface area contributed by atoms with Crippen molar-refractivity contribution < 1.29 is 14.6 Å². The molecule has 0 heterocycles. The lowest BCUT2D eigenvalue weighted by molar-refractivity contribution is -0.138. The summed E-state index contributed by atoms with van der Waals surface area (Å²) in [5, 5.41) is 8.98. The Labute approximate surface area is 127 Å². The molecule has 0 bridgehead atoms. The molecule has 0 radical (unpaired) electrons. The van der Waals surface area contributed by atoms with Crippen LogP contribution in [0.5, 0.6) is 5.75 Å². The predicted octanol–water partition coefficient (Wildman–Crippen LogP) is 4.05. The van der Waals surface area contributed by atoms with Crippen molar-refractivity contribution in [2.75, 3.05) is 6.61 Å². The fourth-order valence-electron chi connectivity index (χ4n) is 3.04. The zero-order valence-corrected chi connectivity index (χ0v) is 13.5. The summed E-state index contributed by atoms with van der Waals surface area (Å²) in [6.07, 6.45) is 3.82. The van der Waals surface area contributed by atoms with Gasteiger partial charge in [0.25, 0.3) is 0 Å². The van der Waals surface area contributed by atoms with Crippen LogP contribution in [-0.4, -0.2) is 17.7 Å². The lowest BCUT2D eigenvalue weighted by atomic mass is 9.93. The average molecular weight is 290 g/mol. The van der Waals surface area contributed by atoms with Gasteiger partial charge in [-0.2, -0.15) is 0 Å². The Balaban J connectivity index is 2.06. The highest BCUT2D eigenvalue weighted by Gasteiger charge is 2.42. The van der Waals surface area contributed by atoms with Gasteiger partial charge in [-0.1, -0.05) is 6.92 Å². The van der Waals surface area contributed by atoms with Crippen molar-refractivity contribution in [3.05, 3.63) is 28.3 Å². The topological polar surface area (TPSA) is 46.5 Å². The van der Waals surface area contributed by atoms with E-state index in [0.29, 0.717) is 5.92 Å². The summed E-state index contributed by atoms with van der Waals surface area (Å²) in [7, 11) is 0. The summed E-state index contributed by atoms with van der Waals surface area (Å²) in [4.78, 5) is 10.9. The number of hydrogen-bond acceptors (Lipinski definition) is 2. The van der Waals surface area contributed by atoms with Crippen LogP contribution in [0.2, 0.25) is 0 Å². The van der Waals surface area contributed by atoms with Crippen LogP contribution in [0, 0.1) is 32.6 Å². The first-order chi connectivity index (χ1) is 9.95. The van der Waals surface area contributed by atoms with Gasteiger partial charge in [0.05, 0.1) is 12.5 Å². The highest BCUT2D eigenvalue weighted by molar-refractivity contribution is 5.73. The van der Waals surface area contributed by atoms with Crippen molar-refractivity contribution in [2.24, 2.45) is 11.8 Å². The number of aliphatic carboxylic acids is 1. The third-order valence-corrected chi connectivity index (χ3v) is 4.67. The molecule has 0 saturated heterocycles. The van der Waals surface area contributed by atoms with E-state index in [-0.39, 0.29) is 5.92 Å². The van der Waals surface area contributed by atoms with Crippen LogP contribution in [0.3, 0.4) is 0 Å². The molecule has 0 aromatic heterocycles. The van der Waals surface area contributed by atoms with E-state index in [0.717, 1.165) is 38.0 Å². The lowest BCUT2D eigenvalue weighted by Gasteiger charge is -2.17.